The molecule has 0 aliphatic carbocycles. The van der Waals surface area contributed by atoms with Gasteiger partial charge >= 0.3 is 12.1 Å². The van der Waals surface area contributed by atoms with E-state index in [4.69, 9.17) is 21.6 Å². The number of amides is 4. The van der Waals surface area contributed by atoms with Gasteiger partial charge in [0.25, 0.3) is 0 Å². The summed E-state index contributed by atoms with van der Waals surface area (Å²) >= 11 is 0. The number of ether oxygens (including phenoxy) is 2. The number of carbonyl (C=O) groups excluding carboxylic acids is 5. The zero-order valence-corrected chi connectivity index (χ0v) is 29.8. The van der Waals surface area contributed by atoms with Crippen LogP contribution in [0.1, 0.15) is 103 Å². The van der Waals surface area contributed by atoms with Crippen LogP contribution < -0.4 is 16.4 Å². The number of hydrogen-bond donors (Lipinski definition) is 3. The van der Waals surface area contributed by atoms with Crippen molar-refractivity contribution in [3.8, 4) is 12.3 Å². The summed E-state index contributed by atoms with van der Waals surface area (Å²) in [5.41, 5.74) is 5.23. The molecule has 0 fully saturated rings. The van der Waals surface area contributed by atoms with Gasteiger partial charge in [0, 0.05) is 18.5 Å². The molecule has 2 aromatic carbocycles. The van der Waals surface area contributed by atoms with Crippen LogP contribution in [0.4, 0.5) is 4.79 Å². The zero-order chi connectivity index (χ0) is 36.8. The topological polar surface area (TPSA) is 157 Å². The van der Waals surface area contributed by atoms with Crippen LogP contribution in [0.15, 0.2) is 54.6 Å². The van der Waals surface area contributed by atoms with Crippen LogP contribution in [0.25, 0.3) is 0 Å². The third kappa shape index (κ3) is 14.0. The highest BCUT2D eigenvalue weighted by molar-refractivity contribution is 5.96. The van der Waals surface area contributed by atoms with Gasteiger partial charge in [0.05, 0.1) is 6.42 Å². The Labute approximate surface area is 290 Å². The molecule has 4 N–H and O–H groups in total. The van der Waals surface area contributed by atoms with Crippen molar-refractivity contribution in [2.75, 3.05) is 6.54 Å². The number of alkyl carbamates (subject to hydrolysis) is 1. The Morgan fingerprint density at radius 2 is 1.45 bits per heavy atom. The third-order valence-electron chi connectivity index (χ3n) is 7.19. The summed E-state index contributed by atoms with van der Waals surface area (Å²) in [5, 5.41) is 5.33. The van der Waals surface area contributed by atoms with E-state index in [-0.39, 0.29) is 13.0 Å². The van der Waals surface area contributed by atoms with Gasteiger partial charge in [-0.15, -0.1) is 6.42 Å². The molecule has 0 aliphatic heterocycles. The second kappa shape index (κ2) is 18.6. The van der Waals surface area contributed by atoms with Crippen molar-refractivity contribution in [1.82, 2.24) is 15.5 Å². The van der Waals surface area contributed by atoms with Gasteiger partial charge in [0.2, 0.25) is 17.7 Å². The van der Waals surface area contributed by atoms with Crippen molar-refractivity contribution in [2.45, 2.75) is 116 Å². The van der Waals surface area contributed by atoms with Crippen LogP contribution in [0.2, 0.25) is 0 Å². The number of benzene rings is 2. The minimum atomic E-state index is -1.46. The van der Waals surface area contributed by atoms with E-state index in [2.05, 4.69) is 16.6 Å². The lowest BCUT2D eigenvalue weighted by atomic mass is 9.96. The van der Waals surface area contributed by atoms with Crippen molar-refractivity contribution >= 4 is 29.8 Å². The zero-order valence-electron chi connectivity index (χ0n) is 29.8. The molecule has 3 atom stereocenters. The molecule has 4 amide bonds. The molecular formula is C38H52N4O7. The monoisotopic (exact) mass is 676 g/mol. The van der Waals surface area contributed by atoms with Crippen LogP contribution in [-0.2, 0) is 35.1 Å². The maximum Gasteiger partial charge on any atom is 0.408 e. The summed E-state index contributed by atoms with van der Waals surface area (Å²) in [5.74, 6) is -0.360. The fourth-order valence-corrected chi connectivity index (χ4v) is 5.11. The smallest absolute Gasteiger partial charge is 0.408 e. The Kier molecular flexibility index (Phi) is 15.3. The van der Waals surface area contributed by atoms with Gasteiger partial charge in [-0.2, -0.15) is 0 Å². The minimum Gasteiger partial charge on any atom is -0.458 e. The summed E-state index contributed by atoms with van der Waals surface area (Å²) < 4.78 is 11.1. The first-order valence-corrected chi connectivity index (χ1v) is 16.7. The first-order chi connectivity index (χ1) is 23.0. The molecule has 11 nitrogen and oxygen atoms in total. The molecule has 0 spiro atoms. The molecule has 2 aromatic rings. The standard InChI is InChI=1S/C38H52N4O7/c1-9-11-12-18-23-42(34(45)29(25-31(39)43)41-36(47)49-38(6,7)8)32(28-22-17-16-21-27(28)10-2)33(44)40-30(35(46)48-37(3,4)5)24-26-19-14-13-15-20-26/h2,13-17,19-22,29-30,32H,9,11-12,18,23-25H2,1,3-8H3,(H2,39,43)(H,40,44)(H,41,47). The van der Waals surface area contributed by atoms with Crippen LogP contribution in [0.3, 0.4) is 0 Å². The predicted molar refractivity (Wildman–Crippen MR) is 188 cm³/mol. The molecule has 2 rings (SSSR count). The molecule has 0 saturated carbocycles. The highest BCUT2D eigenvalue weighted by Crippen LogP contribution is 2.27. The molecule has 11 heteroatoms. The first kappa shape index (κ1) is 40.3. The number of nitrogens with one attached hydrogen (secondary N) is 2. The van der Waals surface area contributed by atoms with E-state index in [0.717, 1.165) is 24.8 Å². The van der Waals surface area contributed by atoms with Crippen molar-refractivity contribution in [1.29, 1.82) is 0 Å². The summed E-state index contributed by atoms with van der Waals surface area (Å²) in [6.07, 6.45) is 7.53. The third-order valence-corrected chi connectivity index (χ3v) is 7.19. The molecule has 0 heterocycles. The second-order valence-corrected chi connectivity index (χ2v) is 13.9. The Hall–Kier alpha value is -4.85. The lowest BCUT2D eigenvalue weighted by Crippen LogP contribution is -2.56. The van der Waals surface area contributed by atoms with Gasteiger partial charge in [0.15, 0.2) is 0 Å². The van der Waals surface area contributed by atoms with Gasteiger partial charge in [-0.25, -0.2) is 9.59 Å². The molecule has 0 saturated heterocycles. The van der Waals surface area contributed by atoms with Crippen molar-refractivity contribution in [2.24, 2.45) is 5.73 Å². The summed E-state index contributed by atoms with van der Waals surface area (Å²) in [4.78, 5) is 68.9. The molecule has 266 valence electrons. The molecule has 0 bridgehead atoms. The highest BCUT2D eigenvalue weighted by Gasteiger charge is 2.39. The van der Waals surface area contributed by atoms with Gasteiger partial charge in [-0.05, 0) is 65.2 Å². The average molecular weight is 677 g/mol. The number of primary amides is 1. The van der Waals surface area contributed by atoms with Crippen LogP contribution >= 0.6 is 0 Å². The van der Waals surface area contributed by atoms with E-state index in [0.29, 0.717) is 17.5 Å². The number of unbranched alkanes of at least 4 members (excludes halogenated alkanes) is 3. The number of esters is 1. The molecule has 0 radical (unpaired) electrons. The van der Waals surface area contributed by atoms with Crippen LogP contribution in [0, 0.1) is 12.3 Å². The number of nitrogens with two attached hydrogens (primary N) is 1. The maximum atomic E-state index is 14.6. The summed E-state index contributed by atoms with van der Waals surface area (Å²) in [7, 11) is 0. The van der Waals surface area contributed by atoms with E-state index in [1.165, 1.54) is 4.90 Å². The van der Waals surface area contributed by atoms with Gasteiger partial charge < -0.3 is 30.7 Å². The minimum absolute atomic E-state index is 0.0663. The van der Waals surface area contributed by atoms with Crippen molar-refractivity contribution in [3.05, 3.63) is 71.3 Å². The average Bonchev–Trinajstić information content (AvgIpc) is 3.00. The Morgan fingerprint density at radius 1 is 0.837 bits per heavy atom. The number of carbonyl (C=O) groups is 5. The Balaban J connectivity index is 2.70. The quantitative estimate of drug-likeness (QED) is 0.129. The molecule has 0 aliphatic rings. The molecule has 0 aromatic heterocycles. The lowest BCUT2D eigenvalue weighted by molar-refractivity contribution is -0.159. The van der Waals surface area contributed by atoms with E-state index >= 15 is 0 Å². The molecule has 49 heavy (non-hydrogen) atoms. The van der Waals surface area contributed by atoms with E-state index < -0.39 is 65.5 Å². The second-order valence-electron chi connectivity index (χ2n) is 13.9. The molecular weight excluding hydrogens is 624 g/mol. The predicted octanol–water partition coefficient (Wildman–Crippen LogP) is 4.96. The summed E-state index contributed by atoms with van der Waals surface area (Å²) in [6, 6.07) is 11.9. The van der Waals surface area contributed by atoms with Gasteiger partial charge in [-0.3, -0.25) is 14.4 Å². The van der Waals surface area contributed by atoms with Gasteiger partial charge in [-0.1, -0.05) is 80.6 Å². The fourth-order valence-electron chi connectivity index (χ4n) is 5.11. The summed E-state index contributed by atoms with van der Waals surface area (Å²) in [6.45, 7) is 12.3. The SMILES string of the molecule is C#Cc1ccccc1C(C(=O)NC(Cc1ccccc1)C(=O)OC(C)(C)C)N(CCCCCC)C(=O)C(CC(N)=O)NC(=O)OC(C)(C)C. The number of terminal acetylenes is 1. The van der Waals surface area contributed by atoms with Crippen LogP contribution in [-0.4, -0.2) is 64.5 Å². The van der Waals surface area contributed by atoms with Crippen molar-refractivity contribution < 1.29 is 33.4 Å². The first-order valence-electron chi connectivity index (χ1n) is 16.7. The maximum absolute atomic E-state index is 14.6. The number of rotatable bonds is 16. The van der Waals surface area contributed by atoms with Gasteiger partial charge in [0.1, 0.15) is 29.3 Å². The fraction of sp³-hybridized carbons (Fsp3) is 0.500. The van der Waals surface area contributed by atoms with E-state index in [1.807, 2.05) is 37.3 Å². The number of nitrogens with zero attached hydrogens (tertiary/aromatic N) is 1. The van der Waals surface area contributed by atoms with E-state index in [1.54, 1.807) is 65.8 Å². The Morgan fingerprint density at radius 3 is 2.02 bits per heavy atom. The highest BCUT2D eigenvalue weighted by atomic mass is 16.6. The normalized spacial score (nSPS) is 13.2. The van der Waals surface area contributed by atoms with E-state index in [9.17, 15) is 24.0 Å². The lowest BCUT2D eigenvalue weighted by Gasteiger charge is -2.35. The number of hydrogen-bond acceptors (Lipinski definition) is 7. The largest absolute Gasteiger partial charge is 0.458 e. The van der Waals surface area contributed by atoms with Crippen LogP contribution in [0.5, 0.6) is 0 Å². The Bertz CT molecular complexity index is 1470. The molecule has 3 unspecified atom stereocenters. The van der Waals surface area contributed by atoms with Crippen molar-refractivity contribution in [3.63, 3.8) is 0 Å².